The van der Waals surface area contributed by atoms with E-state index in [0.717, 1.165) is 28.5 Å². The van der Waals surface area contributed by atoms with E-state index in [0.29, 0.717) is 43.6 Å². The maximum Gasteiger partial charge on any atom is 0.417 e. The number of hydrogen-bond acceptors (Lipinski definition) is 7. The number of nitrogens with zero attached hydrogens (tertiary/aromatic N) is 5. The Morgan fingerprint density at radius 3 is 2.57 bits per heavy atom. The smallest absolute Gasteiger partial charge is 0.417 e. The molecule has 3 aliphatic rings. The largest absolute Gasteiger partial charge is 0.481 e. The van der Waals surface area contributed by atoms with Gasteiger partial charge in [-0.3, -0.25) is 9.48 Å². The second-order valence-corrected chi connectivity index (χ2v) is 13.0. The van der Waals surface area contributed by atoms with Gasteiger partial charge < -0.3 is 19.8 Å². The number of carboxylic acids is 1. The fourth-order valence-corrected chi connectivity index (χ4v) is 6.88. The van der Waals surface area contributed by atoms with E-state index < -0.39 is 35.0 Å². The summed E-state index contributed by atoms with van der Waals surface area (Å²) in [7, 11) is 0. The van der Waals surface area contributed by atoms with Gasteiger partial charge in [-0.25, -0.2) is 14.4 Å². The number of benzene rings is 1. The minimum atomic E-state index is -4.82. The van der Waals surface area contributed by atoms with Gasteiger partial charge in [0.1, 0.15) is 18.2 Å². The van der Waals surface area contributed by atoms with Gasteiger partial charge in [0.25, 0.3) is 0 Å². The fraction of sp³-hybridized carbons (Fsp3) is 0.394. The number of ether oxygens (including phenoxy) is 1. The van der Waals surface area contributed by atoms with Gasteiger partial charge >= 0.3 is 12.1 Å². The van der Waals surface area contributed by atoms with Gasteiger partial charge in [-0.05, 0) is 74.1 Å². The Morgan fingerprint density at radius 1 is 1.11 bits per heavy atom. The van der Waals surface area contributed by atoms with Crippen molar-refractivity contribution in [1.29, 1.82) is 0 Å². The molecule has 2 aliphatic carbocycles. The number of carbonyl (C=O) groups is 1. The van der Waals surface area contributed by atoms with Crippen LogP contribution in [0.25, 0.3) is 11.1 Å². The Bertz CT molecular complexity index is 1860. The van der Waals surface area contributed by atoms with E-state index in [9.17, 15) is 28.2 Å². The van der Waals surface area contributed by atoms with Crippen LogP contribution in [0.5, 0.6) is 5.88 Å². The van der Waals surface area contributed by atoms with Gasteiger partial charge in [-0.1, -0.05) is 0 Å². The highest BCUT2D eigenvalue weighted by molar-refractivity contribution is 5.78. The first-order valence-corrected chi connectivity index (χ1v) is 14.9. The van der Waals surface area contributed by atoms with Crippen LogP contribution in [0.15, 0.2) is 42.7 Å². The van der Waals surface area contributed by atoms with Gasteiger partial charge in [0.2, 0.25) is 5.88 Å². The lowest BCUT2D eigenvalue weighted by atomic mass is 9.95. The molecule has 4 aromatic rings. The Balaban J connectivity index is 1.11. The number of anilines is 1. The van der Waals surface area contributed by atoms with E-state index in [1.807, 2.05) is 11.1 Å². The molecule has 240 valence electrons. The Kier molecular flexibility index (Phi) is 6.89. The summed E-state index contributed by atoms with van der Waals surface area (Å²) in [6.45, 7) is 5.99. The van der Waals surface area contributed by atoms with Crippen molar-refractivity contribution in [2.75, 3.05) is 4.90 Å². The third-order valence-electron chi connectivity index (χ3n) is 9.00. The first-order chi connectivity index (χ1) is 21.7. The molecule has 13 heteroatoms. The molecule has 1 saturated carbocycles. The van der Waals surface area contributed by atoms with Crippen molar-refractivity contribution >= 4 is 11.8 Å². The second-order valence-electron chi connectivity index (χ2n) is 13.0. The third-order valence-corrected chi connectivity index (χ3v) is 9.00. The Morgan fingerprint density at radius 2 is 1.89 bits per heavy atom. The zero-order chi connectivity index (χ0) is 32.7. The molecule has 2 N–H and O–H groups in total. The predicted molar refractivity (Wildman–Crippen MR) is 157 cm³/mol. The number of halogens is 4. The van der Waals surface area contributed by atoms with Crippen molar-refractivity contribution in [1.82, 2.24) is 19.7 Å². The summed E-state index contributed by atoms with van der Waals surface area (Å²) >= 11 is 0. The van der Waals surface area contributed by atoms with Gasteiger partial charge in [0.05, 0.1) is 35.9 Å². The standard InChI is InChI=1S/C33H31F4N5O4/c1-16-20(4-5-27(39-16)41-11-19-12-42(15-32(2,3)45)40-26(19)13-41)21-7-18(25(34)9-24(21)33(35,36)37)14-46-28-8-17-6-22-29(23(17)10-38-28)30(22)31(43)44/h4-5,7-10,12,22,29-30,45H,6,11,13-15H2,1-3H3,(H,43,44)/t22-,29-,30+/m1/s1. The highest BCUT2D eigenvalue weighted by atomic mass is 19.4. The molecule has 0 saturated heterocycles. The lowest BCUT2D eigenvalue weighted by Gasteiger charge is -2.21. The van der Waals surface area contributed by atoms with E-state index in [-0.39, 0.29) is 41.0 Å². The van der Waals surface area contributed by atoms with Gasteiger partial charge in [0, 0.05) is 53.3 Å². The highest BCUT2D eigenvalue weighted by Crippen LogP contribution is 2.61. The van der Waals surface area contributed by atoms with E-state index in [2.05, 4.69) is 15.1 Å². The molecule has 0 spiro atoms. The first-order valence-electron chi connectivity index (χ1n) is 14.9. The van der Waals surface area contributed by atoms with E-state index in [4.69, 9.17) is 4.74 Å². The molecule has 3 aromatic heterocycles. The molecule has 1 aromatic carbocycles. The number of aliphatic hydroxyl groups is 1. The van der Waals surface area contributed by atoms with E-state index >= 15 is 4.39 Å². The van der Waals surface area contributed by atoms with Crippen LogP contribution in [0.1, 0.15) is 59.0 Å². The minimum Gasteiger partial charge on any atom is -0.481 e. The summed E-state index contributed by atoms with van der Waals surface area (Å²) in [6, 6.07) is 6.54. The number of carboxylic acid groups (broad SMARTS) is 1. The normalized spacial score (nSPS) is 20.0. The number of aryl methyl sites for hydroxylation is 1. The number of alkyl halides is 3. The van der Waals surface area contributed by atoms with Gasteiger partial charge in [-0.2, -0.15) is 18.3 Å². The number of aliphatic carboxylic acids is 1. The zero-order valence-electron chi connectivity index (χ0n) is 25.3. The van der Waals surface area contributed by atoms with Crippen molar-refractivity contribution < 1.29 is 37.3 Å². The lowest BCUT2D eigenvalue weighted by molar-refractivity contribution is -0.139. The maximum atomic E-state index is 15.1. The number of aromatic nitrogens is 4. The SMILES string of the molecule is Cc1nc(N2Cc3cn(CC(C)(C)O)nc3C2)ccc1-c1cc(COc2cc3c(cn2)[C@H]2[C@@H](C3)[C@@H]2C(=O)O)c(F)cc1C(F)(F)F. The summed E-state index contributed by atoms with van der Waals surface area (Å²) in [5.74, 6) is -1.54. The zero-order valence-corrected chi connectivity index (χ0v) is 25.3. The molecule has 4 heterocycles. The van der Waals surface area contributed by atoms with Crippen LogP contribution in [0.4, 0.5) is 23.4 Å². The van der Waals surface area contributed by atoms with E-state index in [1.54, 1.807) is 49.8 Å². The molecule has 0 bridgehead atoms. The predicted octanol–water partition coefficient (Wildman–Crippen LogP) is 5.65. The van der Waals surface area contributed by atoms with Crippen LogP contribution in [0.3, 0.4) is 0 Å². The molecule has 46 heavy (non-hydrogen) atoms. The van der Waals surface area contributed by atoms with Crippen molar-refractivity contribution in [3.8, 4) is 17.0 Å². The van der Waals surface area contributed by atoms with Crippen LogP contribution in [-0.2, 0) is 43.6 Å². The topological polar surface area (TPSA) is 114 Å². The first kappa shape index (κ1) is 30.2. The highest BCUT2D eigenvalue weighted by Gasteiger charge is 2.60. The summed E-state index contributed by atoms with van der Waals surface area (Å²) in [5, 5.41) is 24.0. The van der Waals surface area contributed by atoms with Gasteiger partial charge in [-0.15, -0.1) is 0 Å². The summed E-state index contributed by atoms with van der Waals surface area (Å²) in [4.78, 5) is 22.2. The van der Waals surface area contributed by atoms with Crippen LogP contribution in [-0.4, -0.2) is 41.5 Å². The van der Waals surface area contributed by atoms with Gasteiger partial charge in [0.15, 0.2) is 0 Å². The molecular formula is C33H31F4N5O4. The average molecular weight is 638 g/mol. The average Bonchev–Trinajstić information content (AvgIpc) is 3.18. The van der Waals surface area contributed by atoms with E-state index in [1.165, 1.54) is 0 Å². The van der Waals surface area contributed by atoms with Crippen LogP contribution < -0.4 is 9.64 Å². The molecule has 0 radical (unpaired) electrons. The van der Waals surface area contributed by atoms with Crippen molar-refractivity contribution in [3.63, 3.8) is 0 Å². The second kappa shape index (κ2) is 10.5. The lowest BCUT2D eigenvalue weighted by Crippen LogP contribution is -2.27. The number of pyridine rings is 2. The van der Waals surface area contributed by atoms with Crippen LogP contribution in [0.2, 0.25) is 0 Å². The molecule has 0 amide bonds. The van der Waals surface area contributed by atoms with Crippen molar-refractivity contribution in [2.45, 2.75) is 71.1 Å². The van der Waals surface area contributed by atoms with Crippen molar-refractivity contribution in [2.24, 2.45) is 11.8 Å². The number of fused-ring (bicyclic) bond motifs is 4. The Labute approximate surface area is 261 Å². The molecule has 1 aliphatic heterocycles. The summed E-state index contributed by atoms with van der Waals surface area (Å²) in [6.07, 6.45) is -0.781. The fourth-order valence-electron chi connectivity index (χ4n) is 6.88. The monoisotopic (exact) mass is 637 g/mol. The molecule has 9 nitrogen and oxygen atoms in total. The molecule has 7 rings (SSSR count). The maximum absolute atomic E-state index is 15.1. The molecule has 3 atom stereocenters. The summed E-state index contributed by atoms with van der Waals surface area (Å²) < 4.78 is 64.9. The molecule has 1 fully saturated rings. The van der Waals surface area contributed by atoms with Crippen LogP contribution >= 0.6 is 0 Å². The number of rotatable bonds is 8. The van der Waals surface area contributed by atoms with Crippen molar-refractivity contribution in [3.05, 3.63) is 87.7 Å². The molecule has 0 unspecified atom stereocenters. The summed E-state index contributed by atoms with van der Waals surface area (Å²) in [5.41, 5.74) is 1.86. The molecular weight excluding hydrogens is 606 g/mol. The van der Waals surface area contributed by atoms with Crippen LogP contribution in [0, 0.1) is 24.6 Å². The minimum absolute atomic E-state index is 0.0357. The Hall–Kier alpha value is -4.52. The third kappa shape index (κ3) is 5.46. The number of hydrogen-bond donors (Lipinski definition) is 2. The quantitative estimate of drug-likeness (QED) is 0.239.